The summed E-state index contributed by atoms with van der Waals surface area (Å²) in [5.41, 5.74) is 1.95. The molecule has 1 aromatic carbocycles. The first-order valence-corrected chi connectivity index (χ1v) is 13.6. The van der Waals surface area contributed by atoms with Gasteiger partial charge in [-0.1, -0.05) is 25.5 Å². The summed E-state index contributed by atoms with van der Waals surface area (Å²) in [7, 11) is 3.52. The van der Waals surface area contributed by atoms with Gasteiger partial charge in [-0.2, -0.15) is 0 Å². The Balaban J connectivity index is 1.69. The molecule has 1 fully saturated rings. The van der Waals surface area contributed by atoms with Crippen molar-refractivity contribution in [2.45, 2.75) is 77.4 Å². The van der Waals surface area contributed by atoms with Crippen molar-refractivity contribution in [3.8, 4) is 0 Å². The lowest BCUT2D eigenvalue weighted by Gasteiger charge is -2.33. The molecule has 2 heterocycles. The van der Waals surface area contributed by atoms with Crippen molar-refractivity contribution >= 4 is 29.4 Å². The highest BCUT2D eigenvalue weighted by molar-refractivity contribution is 5.91. The van der Waals surface area contributed by atoms with Gasteiger partial charge in [-0.05, 0) is 83.6 Å². The van der Waals surface area contributed by atoms with Crippen molar-refractivity contribution in [1.82, 2.24) is 24.3 Å². The first-order chi connectivity index (χ1) is 18.0. The summed E-state index contributed by atoms with van der Waals surface area (Å²) >= 11 is 0. The van der Waals surface area contributed by atoms with E-state index in [2.05, 4.69) is 16.3 Å². The number of nitrogens with zero attached hydrogens (tertiary/aromatic N) is 4. The number of benzene rings is 1. The van der Waals surface area contributed by atoms with Crippen LogP contribution in [0, 0.1) is 0 Å². The average Bonchev–Trinajstić information content (AvgIpc) is 3.12. The molecule has 3 amide bonds. The Kier molecular flexibility index (Phi) is 9.76. The van der Waals surface area contributed by atoms with Gasteiger partial charge in [0.2, 0.25) is 12.3 Å². The second-order valence-corrected chi connectivity index (χ2v) is 11.2. The van der Waals surface area contributed by atoms with E-state index in [9.17, 15) is 19.2 Å². The molecule has 1 aromatic heterocycles. The third kappa shape index (κ3) is 6.83. The molecule has 210 valence electrons. The average molecular weight is 530 g/mol. The van der Waals surface area contributed by atoms with Crippen LogP contribution in [0.15, 0.2) is 23.0 Å². The number of hydrogen-bond donors (Lipinski definition) is 1. The number of aromatic nitrogens is 2. The highest BCUT2D eigenvalue weighted by Gasteiger charge is 2.29. The Morgan fingerprint density at radius 1 is 1.24 bits per heavy atom. The van der Waals surface area contributed by atoms with Gasteiger partial charge in [0.15, 0.2) is 0 Å². The fourth-order valence-electron chi connectivity index (χ4n) is 5.33. The van der Waals surface area contributed by atoms with Crippen molar-refractivity contribution in [3.63, 3.8) is 0 Å². The predicted molar refractivity (Wildman–Crippen MR) is 147 cm³/mol. The van der Waals surface area contributed by atoms with Crippen LogP contribution in [-0.4, -0.2) is 76.2 Å². The third-order valence-corrected chi connectivity index (χ3v) is 7.21. The van der Waals surface area contributed by atoms with Crippen LogP contribution < -0.4 is 11.0 Å². The van der Waals surface area contributed by atoms with E-state index in [1.165, 1.54) is 4.57 Å². The molecule has 1 aliphatic rings. The molecule has 0 bridgehead atoms. The number of para-hydroxylation sites is 1. The van der Waals surface area contributed by atoms with Crippen molar-refractivity contribution < 1.29 is 19.1 Å². The number of piperidine rings is 1. The van der Waals surface area contributed by atoms with E-state index in [1.807, 2.05) is 39.8 Å². The minimum Gasteiger partial charge on any atom is -0.444 e. The molecule has 10 nitrogen and oxygen atoms in total. The molecule has 0 aliphatic carbocycles. The number of imidazole rings is 1. The van der Waals surface area contributed by atoms with Crippen molar-refractivity contribution in [3.05, 3.63) is 34.2 Å². The van der Waals surface area contributed by atoms with E-state index >= 15 is 0 Å². The SMILES string of the molecule is CCCC(C(=O)NC=O)n1c(=O)n(C)c2c(C3CCN(CCCN(C)C(=O)OC(C)(C)C)CC3)cccc21. The molecule has 1 aliphatic heterocycles. The van der Waals surface area contributed by atoms with Gasteiger partial charge >= 0.3 is 11.8 Å². The summed E-state index contributed by atoms with van der Waals surface area (Å²) in [6, 6.07) is 5.18. The van der Waals surface area contributed by atoms with E-state index in [0.717, 1.165) is 55.5 Å². The van der Waals surface area contributed by atoms with Gasteiger partial charge < -0.3 is 14.5 Å². The fraction of sp³-hybridized carbons (Fsp3) is 0.643. The molecule has 1 N–H and O–H groups in total. The van der Waals surface area contributed by atoms with Gasteiger partial charge in [0.25, 0.3) is 0 Å². The van der Waals surface area contributed by atoms with E-state index in [0.29, 0.717) is 31.7 Å². The van der Waals surface area contributed by atoms with Crippen LogP contribution in [-0.2, 0) is 21.4 Å². The maximum absolute atomic E-state index is 13.3. The minimum atomic E-state index is -0.739. The number of aryl methyl sites for hydroxylation is 1. The zero-order valence-corrected chi connectivity index (χ0v) is 23.7. The van der Waals surface area contributed by atoms with Crippen LogP contribution in [0.3, 0.4) is 0 Å². The maximum Gasteiger partial charge on any atom is 0.410 e. The van der Waals surface area contributed by atoms with E-state index < -0.39 is 17.6 Å². The van der Waals surface area contributed by atoms with Crippen molar-refractivity contribution in [1.29, 1.82) is 0 Å². The topological polar surface area (TPSA) is 106 Å². The molecule has 1 atom stereocenters. The molecule has 1 saturated heterocycles. The number of hydrogen-bond acceptors (Lipinski definition) is 6. The molecule has 0 spiro atoms. The molecule has 0 radical (unpaired) electrons. The molecular weight excluding hydrogens is 486 g/mol. The van der Waals surface area contributed by atoms with Gasteiger partial charge in [0, 0.05) is 20.6 Å². The maximum atomic E-state index is 13.3. The van der Waals surface area contributed by atoms with Crippen molar-refractivity contribution in [2.24, 2.45) is 7.05 Å². The summed E-state index contributed by atoms with van der Waals surface area (Å²) in [5, 5.41) is 2.23. The molecule has 1 unspecified atom stereocenters. The zero-order chi connectivity index (χ0) is 28.0. The summed E-state index contributed by atoms with van der Waals surface area (Å²) in [4.78, 5) is 53.1. The van der Waals surface area contributed by atoms with E-state index in [-0.39, 0.29) is 11.8 Å². The number of rotatable bonds is 10. The highest BCUT2D eigenvalue weighted by atomic mass is 16.6. The predicted octanol–water partition coefficient (Wildman–Crippen LogP) is 3.39. The van der Waals surface area contributed by atoms with Crippen LogP contribution in [0.4, 0.5) is 4.79 Å². The van der Waals surface area contributed by atoms with Gasteiger partial charge in [-0.25, -0.2) is 9.59 Å². The van der Waals surface area contributed by atoms with E-state index in [4.69, 9.17) is 4.74 Å². The van der Waals surface area contributed by atoms with Crippen LogP contribution in [0.25, 0.3) is 11.0 Å². The second kappa shape index (κ2) is 12.6. The zero-order valence-electron chi connectivity index (χ0n) is 23.7. The normalized spacial score (nSPS) is 15.8. The molecule has 2 aromatic rings. The molecule has 0 saturated carbocycles. The number of carbonyl (C=O) groups excluding carboxylic acids is 3. The van der Waals surface area contributed by atoms with Crippen LogP contribution >= 0.6 is 0 Å². The number of likely N-dealkylation sites (tertiary alicyclic amines) is 1. The number of nitrogens with one attached hydrogen (secondary N) is 1. The Hall–Kier alpha value is -3.14. The number of ether oxygens (including phenoxy) is 1. The summed E-state index contributed by atoms with van der Waals surface area (Å²) in [6.07, 6.45) is 4.03. The smallest absolute Gasteiger partial charge is 0.410 e. The quantitative estimate of drug-likeness (QED) is 0.473. The first-order valence-electron chi connectivity index (χ1n) is 13.6. The second-order valence-electron chi connectivity index (χ2n) is 11.2. The summed E-state index contributed by atoms with van der Waals surface area (Å²) in [6.45, 7) is 11.0. The lowest BCUT2D eigenvalue weighted by Crippen LogP contribution is -2.37. The minimum absolute atomic E-state index is 0.251. The number of imide groups is 1. The van der Waals surface area contributed by atoms with Crippen molar-refractivity contribution in [2.75, 3.05) is 33.2 Å². The molecular formula is C28H43N5O5. The molecule has 10 heteroatoms. The van der Waals surface area contributed by atoms with Crippen LogP contribution in [0.5, 0.6) is 0 Å². The molecule has 3 rings (SSSR count). The lowest BCUT2D eigenvalue weighted by molar-refractivity contribution is -0.128. The first kappa shape index (κ1) is 29.4. The monoisotopic (exact) mass is 529 g/mol. The largest absolute Gasteiger partial charge is 0.444 e. The Bertz CT molecular complexity index is 1190. The standard InChI is InChI=1S/C28H43N5O5/c1-7-10-23(25(35)29-19-34)33-22-12-8-11-21(24(22)31(6)26(33)36)20-13-17-32(18-14-20)16-9-15-30(5)27(37)38-28(2,3)4/h8,11-12,19-20,23H,7,9-10,13-18H2,1-6H3,(H,29,34,35). The van der Waals surface area contributed by atoms with Gasteiger partial charge in [-0.15, -0.1) is 0 Å². The van der Waals surface area contributed by atoms with Crippen LogP contribution in [0.1, 0.15) is 77.3 Å². The van der Waals surface area contributed by atoms with Gasteiger partial charge in [-0.3, -0.25) is 24.0 Å². The Morgan fingerprint density at radius 2 is 1.92 bits per heavy atom. The number of fused-ring (bicyclic) bond motifs is 1. The van der Waals surface area contributed by atoms with E-state index in [1.54, 1.807) is 23.6 Å². The molecule has 38 heavy (non-hydrogen) atoms. The fourth-order valence-corrected chi connectivity index (χ4v) is 5.33. The lowest BCUT2D eigenvalue weighted by atomic mass is 9.88. The number of carbonyl (C=O) groups is 3. The summed E-state index contributed by atoms with van der Waals surface area (Å²) < 4.78 is 8.60. The van der Waals surface area contributed by atoms with Gasteiger partial charge in [0.1, 0.15) is 11.6 Å². The van der Waals surface area contributed by atoms with Crippen LogP contribution in [0.2, 0.25) is 0 Å². The summed E-state index contributed by atoms with van der Waals surface area (Å²) in [5.74, 6) is -0.165. The van der Waals surface area contributed by atoms with Gasteiger partial charge in [0.05, 0.1) is 11.0 Å². The number of amides is 3. The third-order valence-electron chi connectivity index (χ3n) is 7.21. The Morgan fingerprint density at radius 3 is 2.53 bits per heavy atom. The highest BCUT2D eigenvalue weighted by Crippen LogP contribution is 2.34. The Labute approximate surface area is 224 Å².